The van der Waals surface area contributed by atoms with Crippen LogP contribution in [0, 0.1) is 0 Å². The van der Waals surface area contributed by atoms with Gasteiger partial charge in [-0.15, -0.1) is 0 Å². The van der Waals surface area contributed by atoms with E-state index in [0.29, 0.717) is 12.5 Å². The van der Waals surface area contributed by atoms with E-state index in [4.69, 9.17) is 4.74 Å². The normalized spacial score (nSPS) is 10.6. The van der Waals surface area contributed by atoms with Crippen LogP contribution >= 0.6 is 0 Å². The van der Waals surface area contributed by atoms with Crippen molar-refractivity contribution in [3.05, 3.63) is 65.2 Å². The lowest BCUT2D eigenvalue weighted by Crippen LogP contribution is -2.22. The molecule has 0 aliphatic heterocycles. The molecular formula is C17H17O3-. The number of rotatable bonds is 5. The number of carbonyl (C=O) groups is 1. The zero-order valence-electron chi connectivity index (χ0n) is 11.6. The highest BCUT2D eigenvalue weighted by atomic mass is 16.5. The molecule has 0 N–H and O–H groups in total. The first kappa shape index (κ1) is 14.1. The van der Waals surface area contributed by atoms with E-state index in [1.165, 1.54) is 17.7 Å². The molecule has 0 saturated carbocycles. The van der Waals surface area contributed by atoms with Crippen molar-refractivity contribution in [3.8, 4) is 5.75 Å². The predicted octanol–water partition coefficient (Wildman–Crippen LogP) is 2.75. The van der Waals surface area contributed by atoms with E-state index in [0.717, 1.165) is 11.3 Å². The quantitative estimate of drug-likeness (QED) is 0.838. The van der Waals surface area contributed by atoms with Gasteiger partial charge in [0.1, 0.15) is 12.4 Å². The highest BCUT2D eigenvalue weighted by Crippen LogP contribution is 2.19. The van der Waals surface area contributed by atoms with Crippen LogP contribution in [0.3, 0.4) is 0 Å². The third-order valence-electron chi connectivity index (χ3n) is 3.14. The van der Waals surface area contributed by atoms with Gasteiger partial charge in [0.2, 0.25) is 0 Å². The zero-order valence-corrected chi connectivity index (χ0v) is 11.6. The molecule has 0 saturated heterocycles. The second kappa shape index (κ2) is 6.24. The third-order valence-corrected chi connectivity index (χ3v) is 3.14. The summed E-state index contributed by atoms with van der Waals surface area (Å²) in [6.07, 6.45) is 0. The van der Waals surface area contributed by atoms with Crippen molar-refractivity contribution < 1.29 is 14.6 Å². The van der Waals surface area contributed by atoms with Crippen molar-refractivity contribution in [2.45, 2.75) is 26.4 Å². The van der Waals surface area contributed by atoms with Gasteiger partial charge < -0.3 is 14.6 Å². The third kappa shape index (κ3) is 3.60. The van der Waals surface area contributed by atoms with Gasteiger partial charge in [0, 0.05) is 0 Å². The first-order valence-corrected chi connectivity index (χ1v) is 6.59. The molecule has 0 aliphatic rings. The number of carboxylic acids is 1. The van der Waals surface area contributed by atoms with Crippen LogP contribution < -0.4 is 9.84 Å². The maximum absolute atomic E-state index is 10.6. The SMILES string of the molecule is CC(C)c1ccc(OCc2ccc(C(=O)[O-])cc2)cc1. The molecular weight excluding hydrogens is 252 g/mol. The average molecular weight is 269 g/mol. The molecule has 3 nitrogen and oxygen atoms in total. The summed E-state index contributed by atoms with van der Waals surface area (Å²) in [7, 11) is 0. The Morgan fingerprint density at radius 2 is 1.65 bits per heavy atom. The monoisotopic (exact) mass is 269 g/mol. The van der Waals surface area contributed by atoms with Crippen molar-refractivity contribution >= 4 is 5.97 Å². The molecule has 0 unspecified atom stereocenters. The van der Waals surface area contributed by atoms with Crippen LogP contribution in [-0.2, 0) is 6.61 Å². The van der Waals surface area contributed by atoms with Gasteiger partial charge in [-0.25, -0.2) is 0 Å². The minimum absolute atomic E-state index is 0.176. The lowest BCUT2D eigenvalue weighted by molar-refractivity contribution is -0.255. The van der Waals surface area contributed by atoms with Gasteiger partial charge in [-0.2, -0.15) is 0 Å². The summed E-state index contributed by atoms with van der Waals surface area (Å²) in [5, 5.41) is 10.6. The number of benzene rings is 2. The molecule has 2 rings (SSSR count). The van der Waals surface area contributed by atoms with Crippen molar-refractivity contribution in [3.63, 3.8) is 0 Å². The lowest BCUT2D eigenvalue weighted by Gasteiger charge is -2.09. The van der Waals surface area contributed by atoms with Gasteiger partial charge in [-0.05, 0) is 34.7 Å². The Kier molecular flexibility index (Phi) is 4.41. The van der Waals surface area contributed by atoms with Gasteiger partial charge in [0.05, 0.1) is 5.97 Å². The zero-order chi connectivity index (χ0) is 14.5. The van der Waals surface area contributed by atoms with Gasteiger partial charge in [-0.3, -0.25) is 0 Å². The summed E-state index contributed by atoms with van der Waals surface area (Å²) >= 11 is 0. The van der Waals surface area contributed by atoms with Gasteiger partial charge in [0.25, 0.3) is 0 Å². The highest BCUT2D eigenvalue weighted by molar-refractivity contribution is 5.85. The summed E-state index contributed by atoms with van der Waals surface area (Å²) in [6.45, 7) is 4.71. The Labute approximate surface area is 118 Å². The number of carboxylic acid groups (broad SMARTS) is 1. The number of aromatic carboxylic acids is 1. The smallest absolute Gasteiger partial charge is 0.119 e. The van der Waals surface area contributed by atoms with Gasteiger partial charge in [-0.1, -0.05) is 50.2 Å². The average Bonchev–Trinajstić information content (AvgIpc) is 2.46. The fourth-order valence-electron chi connectivity index (χ4n) is 1.85. The topological polar surface area (TPSA) is 49.4 Å². The Hall–Kier alpha value is -2.29. The maximum atomic E-state index is 10.6. The summed E-state index contributed by atoms with van der Waals surface area (Å²) < 4.78 is 5.66. The number of carbonyl (C=O) groups excluding carboxylic acids is 1. The molecule has 20 heavy (non-hydrogen) atoms. The second-order valence-corrected chi connectivity index (χ2v) is 5.00. The molecule has 0 radical (unpaired) electrons. The van der Waals surface area contributed by atoms with Crippen LogP contribution in [0.25, 0.3) is 0 Å². The van der Waals surface area contributed by atoms with E-state index >= 15 is 0 Å². The van der Waals surface area contributed by atoms with Crippen molar-refractivity contribution in [2.24, 2.45) is 0 Å². The minimum Gasteiger partial charge on any atom is -0.545 e. The maximum Gasteiger partial charge on any atom is 0.119 e. The molecule has 3 heteroatoms. The van der Waals surface area contributed by atoms with E-state index in [9.17, 15) is 9.90 Å². The summed E-state index contributed by atoms with van der Waals surface area (Å²) in [5.41, 5.74) is 2.37. The fraction of sp³-hybridized carbons (Fsp3) is 0.235. The van der Waals surface area contributed by atoms with Crippen molar-refractivity contribution in [1.29, 1.82) is 0 Å². The largest absolute Gasteiger partial charge is 0.545 e. The molecule has 0 bridgehead atoms. The fourth-order valence-corrected chi connectivity index (χ4v) is 1.85. The van der Waals surface area contributed by atoms with E-state index in [-0.39, 0.29) is 5.56 Å². The predicted molar refractivity (Wildman–Crippen MR) is 75.6 cm³/mol. The second-order valence-electron chi connectivity index (χ2n) is 5.00. The Morgan fingerprint density at radius 1 is 1.05 bits per heavy atom. The summed E-state index contributed by atoms with van der Waals surface area (Å²) in [5.74, 6) is 0.140. The van der Waals surface area contributed by atoms with E-state index in [2.05, 4.69) is 26.0 Å². The Morgan fingerprint density at radius 3 is 2.15 bits per heavy atom. The molecule has 2 aromatic rings. The summed E-state index contributed by atoms with van der Waals surface area (Å²) in [4.78, 5) is 10.6. The number of ether oxygens (including phenoxy) is 1. The van der Waals surface area contributed by atoms with Crippen molar-refractivity contribution in [1.82, 2.24) is 0 Å². The number of hydrogen-bond donors (Lipinski definition) is 0. The van der Waals surface area contributed by atoms with Crippen LogP contribution in [0.15, 0.2) is 48.5 Å². The van der Waals surface area contributed by atoms with E-state index in [1.807, 2.05) is 12.1 Å². The van der Waals surface area contributed by atoms with E-state index < -0.39 is 5.97 Å². The van der Waals surface area contributed by atoms with Crippen LogP contribution in [0.1, 0.15) is 41.3 Å². The standard InChI is InChI=1S/C17H18O3/c1-12(2)14-7-9-16(10-8-14)20-11-13-3-5-15(6-4-13)17(18)19/h3-10,12H,11H2,1-2H3,(H,18,19)/p-1. The lowest BCUT2D eigenvalue weighted by atomic mass is 10.0. The van der Waals surface area contributed by atoms with Gasteiger partial charge in [0.15, 0.2) is 0 Å². The summed E-state index contributed by atoms with van der Waals surface area (Å²) in [6, 6.07) is 14.5. The molecule has 0 atom stereocenters. The minimum atomic E-state index is -1.17. The molecule has 0 fully saturated rings. The molecule has 2 aromatic carbocycles. The number of hydrogen-bond acceptors (Lipinski definition) is 3. The van der Waals surface area contributed by atoms with Crippen LogP contribution in [0.5, 0.6) is 5.75 Å². The first-order valence-electron chi connectivity index (χ1n) is 6.59. The Bertz CT molecular complexity index is 568. The van der Waals surface area contributed by atoms with E-state index in [1.54, 1.807) is 12.1 Å². The molecule has 0 amide bonds. The highest BCUT2D eigenvalue weighted by Gasteiger charge is 2.00. The van der Waals surface area contributed by atoms with Crippen LogP contribution in [0.4, 0.5) is 0 Å². The molecule has 0 aromatic heterocycles. The van der Waals surface area contributed by atoms with Crippen LogP contribution in [-0.4, -0.2) is 5.97 Å². The molecule has 0 aliphatic carbocycles. The molecule has 0 spiro atoms. The Balaban J connectivity index is 1.96. The van der Waals surface area contributed by atoms with Gasteiger partial charge >= 0.3 is 0 Å². The van der Waals surface area contributed by atoms with Crippen molar-refractivity contribution in [2.75, 3.05) is 0 Å². The van der Waals surface area contributed by atoms with Crippen LogP contribution in [0.2, 0.25) is 0 Å². The molecule has 104 valence electrons. The first-order chi connectivity index (χ1) is 9.56. The molecule has 0 heterocycles.